The molecule has 132 valence electrons. The van der Waals surface area contributed by atoms with E-state index < -0.39 is 28.3 Å². The summed E-state index contributed by atoms with van der Waals surface area (Å²) < 4.78 is 29.0. The van der Waals surface area contributed by atoms with E-state index in [9.17, 15) is 18.0 Å². The summed E-state index contributed by atoms with van der Waals surface area (Å²) in [4.78, 5) is 23.8. The second-order valence-corrected chi connectivity index (χ2v) is 7.48. The molecule has 0 radical (unpaired) electrons. The quantitative estimate of drug-likeness (QED) is 0.762. The third kappa shape index (κ3) is 5.15. The van der Waals surface area contributed by atoms with Crippen LogP contribution in [0.2, 0.25) is 0 Å². The Morgan fingerprint density at radius 3 is 2.32 bits per heavy atom. The molecule has 0 unspecified atom stereocenters. The lowest BCUT2D eigenvalue weighted by Gasteiger charge is -2.10. The van der Waals surface area contributed by atoms with E-state index in [4.69, 9.17) is 4.74 Å². The number of amides is 1. The highest BCUT2D eigenvalue weighted by Crippen LogP contribution is 2.17. The minimum absolute atomic E-state index is 0.0693. The molecule has 0 spiro atoms. The Balaban J connectivity index is 1.96. The number of esters is 1. The first-order valence-corrected chi connectivity index (χ1v) is 9.39. The van der Waals surface area contributed by atoms with Gasteiger partial charge in [0.15, 0.2) is 16.4 Å². The molecule has 0 bridgehead atoms. The van der Waals surface area contributed by atoms with Crippen LogP contribution in [0.3, 0.4) is 0 Å². The van der Waals surface area contributed by atoms with Crippen LogP contribution in [0.1, 0.15) is 22.8 Å². The number of nitrogens with one attached hydrogen (secondary N) is 1. The summed E-state index contributed by atoms with van der Waals surface area (Å²) in [6, 6.07) is 15.1. The third-order valence-corrected chi connectivity index (χ3v) is 5.28. The molecule has 0 heterocycles. The standard InChI is InChI=1S/C18H19NO5S/c1-2-25(22,23)16-11-7-6-10-15(16)18(21)24-13-17(20)19-12-14-8-4-3-5-9-14/h3-11H,2,12-13H2,1H3,(H,19,20). The van der Waals surface area contributed by atoms with E-state index in [1.54, 1.807) is 6.07 Å². The summed E-state index contributed by atoms with van der Waals surface area (Å²) in [5.74, 6) is -1.44. The van der Waals surface area contributed by atoms with E-state index >= 15 is 0 Å². The van der Waals surface area contributed by atoms with Crippen molar-refractivity contribution in [1.82, 2.24) is 5.32 Å². The molecule has 2 aromatic rings. The molecule has 7 heteroatoms. The fourth-order valence-electron chi connectivity index (χ4n) is 2.12. The number of benzene rings is 2. The first-order valence-electron chi connectivity index (χ1n) is 7.73. The molecule has 0 saturated heterocycles. The summed E-state index contributed by atoms with van der Waals surface area (Å²) in [6.07, 6.45) is 0. The van der Waals surface area contributed by atoms with Gasteiger partial charge in [0, 0.05) is 6.54 Å². The smallest absolute Gasteiger partial charge is 0.339 e. The Labute approximate surface area is 146 Å². The predicted octanol–water partition coefficient (Wildman–Crippen LogP) is 1.95. The zero-order valence-electron chi connectivity index (χ0n) is 13.8. The molecule has 1 N–H and O–H groups in total. The van der Waals surface area contributed by atoms with Crippen LogP contribution in [0.15, 0.2) is 59.5 Å². The predicted molar refractivity (Wildman–Crippen MR) is 92.7 cm³/mol. The van der Waals surface area contributed by atoms with E-state index in [2.05, 4.69) is 5.32 Å². The second kappa shape index (κ2) is 8.43. The van der Waals surface area contributed by atoms with Gasteiger partial charge in [-0.3, -0.25) is 4.79 Å². The molecule has 2 rings (SSSR count). The van der Waals surface area contributed by atoms with Gasteiger partial charge in [0.05, 0.1) is 16.2 Å². The van der Waals surface area contributed by atoms with Crippen molar-refractivity contribution in [3.63, 3.8) is 0 Å². The molecule has 0 aliphatic rings. The topological polar surface area (TPSA) is 89.5 Å². The van der Waals surface area contributed by atoms with Crippen molar-refractivity contribution < 1.29 is 22.7 Å². The minimum atomic E-state index is -3.56. The molecular formula is C18H19NO5S. The summed E-state index contributed by atoms with van der Waals surface area (Å²) in [6.45, 7) is 1.33. The molecule has 2 aromatic carbocycles. The maximum absolute atomic E-state index is 12.1. The lowest BCUT2D eigenvalue weighted by molar-refractivity contribution is -0.124. The number of sulfone groups is 1. The highest BCUT2D eigenvalue weighted by Gasteiger charge is 2.22. The van der Waals surface area contributed by atoms with E-state index in [0.29, 0.717) is 6.54 Å². The van der Waals surface area contributed by atoms with Crippen LogP contribution in [-0.4, -0.2) is 32.7 Å². The van der Waals surface area contributed by atoms with Gasteiger partial charge in [0.25, 0.3) is 5.91 Å². The molecule has 1 amide bonds. The molecule has 0 aromatic heterocycles. The minimum Gasteiger partial charge on any atom is -0.452 e. The number of hydrogen-bond donors (Lipinski definition) is 1. The van der Waals surface area contributed by atoms with E-state index in [0.717, 1.165) is 5.56 Å². The van der Waals surface area contributed by atoms with Gasteiger partial charge < -0.3 is 10.1 Å². The number of rotatable bonds is 7. The third-order valence-electron chi connectivity index (χ3n) is 3.49. The first kappa shape index (κ1) is 18.7. The Bertz CT molecular complexity index is 847. The molecular weight excluding hydrogens is 342 g/mol. The summed E-state index contributed by atoms with van der Waals surface area (Å²) >= 11 is 0. The lowest BCUT2D eigenvalue weighted by atomic mass is 10.2. The highest BCUT2D eigenvalue weighted by molar-refractivity contribution is 7.91. The largest absolute Gasteiger partial charge is 0.452 e. The highest BCUT2D eigenvalue weighted by atomic mass is 32.2. The normalized spacial score (nSPS) is 10.9. The van der Waals surface area contributed by atoms with Crippen molar-refractivity contribution in [2.45, 2.75) is 18.4 Å². The van der Waals surface area contributed by atoms with Crippen LogP contribution in [-0.2, 0) is 25.9 Å². The van der Waals surface area contributed by atoms with Crippen molar-refractivity contribution in [2.24, 2.45) is 0 Å². The zero-order chi connectivity index (χ0) is 18.3. The number of carbonyl (C=O) groups excluding carboxylic acids is 2. The van der Waals surface area contributed by atoms with Gasteiger partial charge >= 0.3 is 5.97 Å². The van der Waals surface area contributed by atoms with Gasteiger partial charge in [-0.2, -0.15) is 0 Å². The summed E-state index contributed by atoms with van der Waals surface area (Å²) in [5.41, 5.74) is 0.849. The van der Waals surface area contributed by atoms with Crippen LogP contribution in [0.4, 0.5) is 0 Å². The van der Waals surface area contributed by atoms with Gasteiger partial charge in [-0.15, -0.1) is 0 Å². The van der Waals surface area contributed by atoms with Gasteiger partial charge in [-0.05, 0) is 17.7 Å². The Morgan fingerprint density at radius 2 is 1.64 bits per heavy atom. The van der Waals surface area contributed by atoms with E-state index in [1.165, 1.54) is 25.1 Å². The molecule has 0 atom stereocenters. The first-order chi connectivity index (χ1) is 11.9. The Morgan fingerprint density at radius 1 is 1.00 bits per heavy atom. The molecule has 0 aliphatic heterocycles. The van der Waals surface area contributed by atoms with Crippen LogP contribution in [0, 0.1) is 0 Å². The van der Waals surface area contributed by atoms with Crippen molar-refractivity contribution >= 4 is 21.7 Å². The monoisotopic (exact) mass is 361 g/mol. The molecule has 6 nitrogen and oxygen atoms in total. The maximum atomic E-state index is 12.1. The maximum Gasteiger partial charge on any atom is 0.339 e. The molecule has 25 heavy (non-hydrogen) atoms. The number of hydrogen-bond acceptors (Lipinski definition) is 5. The van der Waals surface area contributed by atoms with Gasteiger partial charge in [-0.1, -0.05) is 49.4 Å². The van der Waals surface area contributed by atoms with Crippen molar-refractivity contribution in [1.29, 1.82) is 0 Å². The average Bonchev–Trinajstić information content (AvgIpc) is 2.65. The molecule has 0 fully saturated rings. The summed E-state index contributed by atoms with van der Waals surface area (Å²) in [5, 5.41) is 2.63. The van der Waals surface area contributed by atoms with Crippen molar-refractivity contribution in [3.05, 3.63) is 65.7 Å². The fourth-order valence-corrected chi connectivity index (χ4v) is 3.20. The Kier molecular flexibility index (Phi) is 6.30. The van der Waals surface area contributed by atoms with E-state index in [-0.39, 0.29) is 16.2 Å². The number of carbonyl (C=O) groups is 2. The van der Waals surface area contributed by atoms with Crippen LogP contribution < -0.4 is 5.32 Å². The zero-order valence-corrected chi connectivity index (χ0v) is 14.6. The lowest BCUT2D eigenvalue weighted by Crippen LogP contribution is -2.28. The second-order valence-electron chi connectivity index (χ2n) is 5.24. The van der Waals surface area contributed by atoms with Gasteiger partial charge in [0.1, 0.15) is 0 Å². The SMILES string of the molecule is CCS(=O)(=O)c1ccccc1C(=O)OCC(=O)NCc1ccccc1. The number of ether oxygens (including phenoxy) is 1. The van der Waals surface area contributed by atoms with Crippen LogP contribution in [0.5, 0.6) is 0 Å². The van der Waals surface area contributed by atoms with Gasteiger partial charge in [-0.25, -0.2) is 13.2 Å². The van der Waals surface area contributed by atoms with Gasteiger partial charge in [0.2, 0.25) is 0 Å². The van der Waals surface area contributed by atoms with Crippen molar-refractivity contribution in [3.8, 4) is 0 Å². The van der Waals surface area contributed by atoms with E-state index in [1.807, 2.05) is 30.3 Å². The summed E-state index contributed by atoms with van der Waals surface area (Å²) in [7, 11) is -3.56. The van der Waals surface area contributed by atoms with Crippen molar-refractivity contribution in [2.75, 3.05) is 12.4 Å². The average molecular weight is 361 g/mol. The molecule has 0 saturated carbocycles. The fraction of sp³-hybridized carbons (Fsp3) is 0.222. The van der Waals surface area contributed by atoms with Crippen LogP contribution >= 0.6 is 0 Å². The Hall–Kier alpha value is -2.67. The molecule has 0 aliphatic carbocycles. The van der Waals surface area contributed by atoms with Crippen LogP contribution in [0.25, 0.3) is 0 Å².